The summed E-state index contributed by atoms with van der Waals surface area (Å²) in [6.45, 7) is 3.81. The Bertz CT molecular complexity index is 1750. The van der Waals surface area contributed by atoms with Crippen molar-refractivity contribution < 1.29 is 26.1 Å². The predicted molar refractivity (Wildman–Crippen MR) is 190 cm³/mol. The number of allylic oxidation sites excluding steroid dienone is 10. The van der Waals surface area contributed by atoms with Crippen molar-refractivity contribution in [3.05, 3.63) is 139 Å². The van der Waals surface area contributed by atoms with Crippen molar-refractivity contribution in [2.45, 2.75) is 13.8 Å². The van der Waals surface area contributed by atoms with Crippen molar-refractivity contribution in [3.8, 4) is 22.5 Å². The minimum absolute atomic E-state index is 0. The third-order valence-electron chi connectivity index (χ3n) is 6.33. The van der Waals surface area contributed by atoms with E-state index in [1.165, 1.54) is 22.7 Å². The van der Waals surface area contributed by atoms with E-state index < -0.39 is 0 Å². The quantitative estimate of drug-likeness (QED) is 0.149. The van der Waals surface area contributed by atoms with Gasteiger partial charge in [0, 0.05) is 70.9 Å². The first-order chi connectivity index (χ1) is 21.2. The molecule has 4 aromatic rings. The molecule has 45 heavy (non-hydrogen) atoms. The number of halogens is 2. The van der Waals surface area contributed by atoms with Crippen molar-refractivity contribution in [2.75, 3.05) is 10.6 Å². The topological polar surface area (TPSA) is 84.0 Å². The molecule has 0 radical (unpaired) electrons. The molecule has 0 fully saturated rings. The molecular formula is C34H26Br2N4NiO2S2. The molecule has 2 aliphatic carbocycles. The number of nitrogens with one attached hydrogen (secondary N) is 2. The van der Waals surface area contributed by atoms with Crippen LogP contribution in [0.1, 0.15) is 13.8 Å². The summed E-state index contributed by atoms with van der Waals surface area (Å²) in [6, 6.07) is 16.0. The van der Waals surface area contributed by atoms with Gasteiger partial charge in [-0.25, -0.2) is 9.97 Å². The summed E-state index contributed by atoms with van der Waals surface area (Å²) >= 11 is 9.86. The van der Waals surface area contributed by atoms with Gasteiger partial charge in [-0.05, 0) is 73.6 Å². The average Bonchev–Trinajstić information content (AvgIpc) is 3.68. The summed E-state index contributed by atoms with van der Waals surface area (Å²) in [6.07, 6.45) is 14.1. The molecule has 11 heteroatoms. The zero-order valence-electron chi connectivity index (χ0n) is 24.0. The Labute approximate surface area is 296 Å². The summed E-state index contributed by atoms with van der Waals surface area (Å²) in [5.41, 5.74) is 7.15. The maximum atomic E-state index is 11.8. The monoisotopic (exact) mass is 802 g/mol. The van der Waals surface area contributed by atoms with E-state index in [0.717, 1.165) is 52.9 Å². The Morgan fingerprint density at radius 3 is 1.36 bits per heavy atom. The van der Waals surface area contributed by atoms with Gasteiger partial charge in [-0.3, -0.25) is 9.59 Å². The maximum absolute atomic E-state index is 11.8. The number of carbonyl (C=O) groups is 2. The van der Waals surface area contributed by atoms with Crippen LogP contribution >= 0.6 is 54.5 Å². The Morgan fingerprint density at radius 2 is 1.00 bits per heavy atom. The number of aromatic nitrogens is 2. The van der Waals surface area contributed by atoms with Crippen LogP contribution < -0.4 is 10.6 Å². The van der Waals surface area contributed by atoms with Crippen LogP contribution in [0.2, 0.25) is 0 Å². The number of nitrogens with zero attached hydrogens (tertiary/aromatic N) is 2. The standard InChI is InChI=1S/2C17H13BrN2OS.Ni/c2*1-11-2-3-13(16(21)8-11)9-19-17-20-15(10-22-17)12-4-6-14(18)7-5-12;/h2*2-10H,1H3,(H,19,20);/b2*13-9-;. The molecule has 0 atom stereocenters. The van der Waals surface area contributed by atoms with Gasteiger partial charge < -0.3 is 10.6 Å². The van der Waals surface area contributed by atoms with Gasteiger partial charge in [0.05, 0.1) is 11.4 Å². The molecule has 2 aliphatic rings. The number of hydrogen-bond donors (Lipinski definition) is 2. The molecule has 0 aliphatic heterocycles. The third-order valence-corrected chi connectivity index (χ3v) is 8.93. The van der Waals surface area contributed by atoms with Gasteiger partial charge in [-0.1, -0.05) is 68.3 Å². The van der Waals surface area contributed by atoms with Crippen LogP contribution in [0.5, 0.6) is 0 Å². The van der Waals surface area contributed by atoms with Gasteiger partial charge in [0.2, 0.25) is 0 Å². The summed E-state index contributed by atoms with van der Waals surface area (Å²) in [7, 11) is 0. The molecule has 0 saturated heterocycles. The molecule has 0 amide bonds. The van der Waals surface area contributed by atoms with Crippen LogP contribution in [-0.2, 0) is 26.1 Å². The van der Waals surface area contributed by atoms with E-state index in [0.29, 0.717) is 11.1 Å². The molecule has 2 N–H and O–H groups in total. The summed E-state index contributed by atoms with van der Waals surface area (Å²) in [5, 5.41) is 11.7. The van der Waals surface area contributed by atoms with Gasteiger partial charge in [-0.2, -0.15) is 0 Å². The van der Waals surface area contributed by atoms with Crippen molar-refractivity contribution in [1.82, 2.24) is 9.97 Å². The summed E-state index contributed by atoms with van der Waals surface area (Å²) in [5.74, 6) is 0.0226. The Morgan fingerprint density at radius 1 is 0.622 bits per heavy atom. The predicted octanol–water partition coefficient (Wildman–Crippen LogP) is 9.90. The van der Waals surface area contributed by atoms with Crippen LogP contribution in [0.15, 0.2) is 139 Å². The second-order valence-electron chi connectivity index (χ2n) is 9.75. The van der Waals surface area contributed by atoms with E-state index >= 15 is 0 Å². The van der Waals surface area contributed by atoms with Crippen LogP contribution in [0, 0.1) is 0 Å². The molecule has 2 heterocycles. The number of thiazole rings is 2. The molecule has 6 nitrogen and oxygen atoms in total. The summed E-state index contributed by atoms with van der Waals surface area (Å²) in [4.78, 5) is 32.7. The van der Waals surface area contributed by atoms with Crippen LogP contribution in [-0.4, -0.2) is 21.5 Å². The van der Waals surface area contributed by atoms with Gasteiger partial charge in [0.15, 0.2) is 21.8 Å². The van der Waals surface area contributed by atoms with Gasteiger partial charge >= 0.3 is 0 Å². The normalized spacial score (nSPS) is 15.6. The number of carbonyl (C=O) groups excluding carboxylic acids is 2. The number of anilines is 2. The van der Waals surface area contributed by atoms with Crippen LogP contribution in [0.25, 0.3) is 22.5 Å². The molecule has 0 bridgehead atoms. The number of hydrogen-bond acceptors (Lipinski definition) is 8. The molecular weight excluding hydrogens is 779 g/mol. The molecule has 0 unspecified atom stereocenters. The van der Waals surface area contributed by atoms with E-state index in [1.54, 1.807) is 24.6 Å². The fraction of sp³-hybridized carbons (Fsp3) is 0.0588. The second-order valence-corrected chi connectivity index (χ2v) is 13.3. The molecule has 6 rings (SSSR count). The molecule has 230 valence electrons. The fourth-order valence-corrected chi connectivity index (χ4v) is 5.90. The largest absolute Gasteiger partial charge is 0.337 e. The molecule has 2 aromatic carbocycles. The van der Waals surface area contributed by atoms with Gasteiger partial charge in [0.1, 0.15) is 0 Å². The first-order valence-corrected chi connectivity index (χ1v) is 16.8. The first-order valence-electron chi connectivity index (χ1n) is 13.4. The maximum Gasteiger partial charge on any atom is 0.187 e. The van der Waals surface area contributed by atoms with Crippen molar-refractivity contribution in [2.24, 2.45) is 0 Å². The van der Waals surface area contributed by atoms with E-state index in [2.05, 4.69) is 52.5 Å². The van der Waals surface area contributed by atoms with Gasteiger partial charge in [-0.15, -0.1) is 22.7 Å². The Hall–Kier alpha value is -3.47. The van der Waals surface area contributed by atoms with Crippen molar-refractivity contribution in [3.63, 3.8) is 0 Å². The number of ketones is 2. The third kappa shape index (κ3) is 9.76. The molecule has 0 saturated carbocycles. The summed E-state index contributed by atoms with van der Waals surface area (Å²) < 4.78 is 2.08. The second kappa shape index (κ2) is 16.2. The SMILES string of the molecule is CC1=CC(=O)/C(=C\Nc2nc(-c3ccc(Br)cc3)cs2)C=C1.CC1=CC(=O)/C(=C\Nc2nc(-c3ccc(Br)cc3)cs2)C=C1.[Ni]. The van der Waals surface area contributed by atoms with Crippen molar-refractivity contribution in [1.29, 1.82) is 0 Å². The zero-order valence-corrected chi connectivity index (χ0v) is 29.8. The van der Waals surface area contributed by atoms with E-state index in [1.807, 2.05) is 97.4 Å². The fourth-order valence-electron chi connectivity index (χ4n) is 3.99. The average molecular weight is 805 g/mol. The molecule has 0 spiro atoms. The van der Waals surface area contributed by atoms with E-state index in [4.69, 9.17) is 0 Å². The number of rotatable bonds is 6. The number of benzene rings is 2. The zero-order chi connectivity index (χ0) is 31.1. The van der Waals surface area contributed by atoms with Crippen LogP contribution in [0.4, 0.5) is 10.3 Å². The van der Waals surface area contributed by atoms with E-state index in [9.17, 15) is 9.59 Å². The minimum atomic E-state index is 0. The van der Waals surface area contributed by atoms with Crippen LogP contribution in [0.3, 0.4) is 0 Å². The van der Waals surface area contributed by atoms with Gasteiger partial charge in [0.25, 0.3) is 0 Å². The first kappa shape index (κ1) is 34.4. The Kier molecular flexibility index (Phi) is 12.4. The Balaban J connectivity index is 0.000000200. The van der Waals surface area contributed by atoms with Crippen molar-refractivity contribution >= 4 is 76.4 Å². The minimum Gasteiger partial charge on any atom is -0.337 e. The smallest absolute Gasteiger partial charge is 0.187 e. The molecule has 2 aromatic heterocycles. The van der Waals surface area contributed by atoms with E-state index in [-0.39, 0.29) is 28.1 Å².